The van der Waals surface area contributed by atoms with Gasteiger partial charge in [-0.25, -0.2) is 9.18 Å². The Hall–Kier alpha value is -1.90. The lowest BCUT2D eigenvalue weighted by Gasteiger charge is -2.43. The zero-order valence-corrected chi connectivity index (χ0v) is 23.0. The van der Waals surface area contributed by atoms with Crippen LogP contribution < -0.4 is 16.4 Å². The van der Waals surface area contributed by atoms with Crippen LogP contribution in [0.25, 0.3) is 0 Å². The quantitative estimate of drug-likeness (QED) is 0.324. The molecule has 1 aromatic carbocycles. The number of aliphatic hydroxyl groups is 1. The van der Waals surface area contributed by atoms with Gasteiger partial charge in [0.15, 0.2) is 0 Å². The van der Waals surface area contributed by atoms with Gasteiger partial charge >= 0.3 is 6.03 Å². The van der Waals surface area contributed by atoms with Crippen LogP contribution in [0, 0.1) is 17.7 Å². The summed E-state index contributed by atoms with van der Waals surface area (Å²) in [5.74, 6) is -0.602. The molecule has 37 heavy (non-hydrogen) atoms. The van der Waals surface area contributed by atoms with Gasteiger partial charge in [-0.05, 0) is 51.0 Å². The second-order valence-electron chi connectivity index (χ2n) is 11.1. The SMILES string of the molecule is CC(=O)NCCC[C@@](O)(c1cccc(Cl)c1F)[C@@H]1CCCN(C(=O)N[C@@H](CC2CCCCC2)[C@@H](C)N)C1. The van der Waals surface area contributed by atoms with Crippen LogP contribution >= 0.6 is 11.6 Å². The van der Waals surface area contributed by atoms with Crippen LogP contribution in [-0.4, -0.2) is 53.7 Å². The van der Waals surface area contributed by atoms with Gasteiger partial charge in [-0.15, -0.1) is 0 Å². The molecule has 4 atom stereocenters. The largest absolute Gasteiger partial charge is 0.385 e. The molecule has 0 unspecified atom stereocenters. The number of carbonyl (C=O) groups is 2. The van der Waals surface area contributed by atoms with Gasteiger partial charge in [0.05, 0.1) is 10.6 Å². The molecule has 1 saturated heterocycles. The Morgan fingerprint density at radius 3 is 2.65 bits per heavy atom. The molecule has 9 heteroatoms. The van der Waals surface area contributed by atoms with Gasteiger partial charge in [0.2, 0.25) is 5.91 Å². The molecular weight excluding hydrogens is 495 g/mol. The molecule has 2 aliphatic rings. The molecule has 1 heterocycles. The van der Waals surface area contributed by atoms with Crippen molar-refractivity contribution in [3.05, 3.63) is 34.6 Å². The molecule has 0 spiro atoms. The van der Waals surface area contributed by atoms with Crippen molar-refractivity contribution in [2.75, 3.05) is 19.6 Å². The molecular formula is C28H44ClFN4O3. The Labute approximate surface area is 225 Å². The molecule has 2 fully saturated rings. The summed E-state index contributed by atoms with van der Waals surface area (Å²) in [6.07, 6.45) is 9.02. The first-order chi connectivity index (χ1) is 17.6. The fraction of sp³-hybridized carbons (Fsp3) is 0.714. The summed E-state index contributed by atoms with van der Waals surface area (Å²) < 4.78 is 15.2. The minimum absolute atomic E-state index is 0.0503. The van der Waals surface area contributed by atoms with Crippen molar-refractivity contribution in [1.29, 1.82) is 0 Å². The highest BCUT2D eigenvalue weighted by atomic mass is 35.5. The lowest BCUT2D eigenvalue weighted by Crippen LogP contribution is -2.55. The van der Waals surface area contributed by atoms with Crippen LogP contribution in [0.3, 0.4) is 0 Å². The minimum Gasteiger partial charge on any atom is -0.385 e. The van der Waals surface area contributed by atoms with E-state index in [0.29, 0.717) is 44.8 Å². The molecule has 3 amide bonds. The minimum atomic E-state index is -1.53. The third-order valence-corrected chi connectivity index (χ3v) is 8.46. The molecule has 1 aliphatic carbocycles. The Morgan fingerprint density at radius 2 is 1.97 bits per heavy atom. The molecule has 0 bridgehead atoms. The third-order valence-electron chi connectivity index (χ3n) is 8.17. The summed E-state index contributed by atoms with van der Waals surface area (Å²) in [5, 5.41) is 17.8. The fourth-order valence-electron chi connectivity index (χ4n) is 6.01. The average molecular weight is 539 g/mol. The number of urea groups is 1. The second-order valence-corrected chi connectivity index (χ2v) is 11.5. The van der Waals surface area contributed by atoms with Gasteiger partial charge in [-0.2, -0.15) is 0 Å². The van der Waals surface area contributed by atoms with E-state index in [-0.39, 0.29) is 46.9 Å². The first kappa shape index (κ1) is 29.7. The number of benzene rings is 1. The number of nitrogens with one attached hydrogen (secondary N) is 2. The summed E-state index contributed by atoms with van der Waals surface area (Å²) in [5.41, 5.74) is 4.87. The Bertz CT molecular complexity index is 911. The van der Waals surface area contributed by atoms with Crippen molar-refractivity contribution >= 4 is 23.5 Å². The van der Waals surface area contributed by atoms with Crippen molar-refractivity contribution in [3.63, 3.8) is 0 Å². The van der Waals surface area contributed by atoms with E-state index in [1.807, 2.05) is 6.92 Å². The fourth-order valence-corrected chi connectivity index (χ4v) is 6.18. The van der Waals surface area contributed by atoms with Crippen LogP contribution in [0.5, 0.6) is 0 Å². The molecule has 1 saturated carbocycles. The zero-order chi connectivity index (χ0) is 27.0. The van der Waals surface area contributed by atoms with E-state index in [2.05, 4.69) is 10.6 Å². The summed E-state index contributed by atoms with van der Waals surface area (Å²) in [6, 6.07) is 4.19. The van der Waals surface area contributed by atoms with Crippen molar-refractivity contribution in [3.8, 4) is 0 Å². The first-order valence-corrected chi connectivity index (χ1v) is 14.2. The van der Waals surface area contributed by atoms with E-state index in [9.17, 15) is 14.7 Å². The maximum Gasteiger partial charge on any atom is 0.317 e. The number of nitrogens with zero attached hydrogens (tertiary/aromatic N) is 1. The normalized spacial score (nSPS) is 22.1. The van der Waals surface area contributed by atoms with Gasteiger partial charge in [0.25, 0.3) is 0 Å². The van der Waals surface area contributed by atoms with Gasteiger partial charge in [0.1, 0.15) is 5.82 Å². The van der Waals surface area contributed by atoms with Crippen LogP contribution in [0.2, 0.25) is 5.02 Å². The van der Waals surface area contributed by atoms with Gasteiger partial charge in [-0.3, -0.25) is 4.79 Å². The molecule has 1 aliphatic heterocycles. The van der Waals surface area contributed by atoms with Gasteiger partial charge in [0, 0.05) is 50.1 Å². The Balaban J connectivity index is 1.74. The number of halogens is 2. The van der Waals surface area contributed by atoms with Crippen molar-refractivity contribution in [2.45, 2.75) is 95.7 Å². The van der Waals surface area contributed by atoms with Crippen LogP contribution in [0.1, 0.15) is 83.6 Å². The van der Waals surface area contributed by atoms with Gasteiger partial charge < -0.3 is 26.4 Å². The van der Waals surface area contributed by atoms with E-state index in [1.165, 1.54) is 45.1 Å². The lowest BCUT2D eigenvalue weighted by molar-refractivity contribution is -0.119. The topological polar surface area (TPSA) is 108 Å². The van der Waals surface area contributed by atoms with E-state index in [4.69, 9.17) is 17.3 Å². The summed E-state index contributed by atoms with van der Waals surface area (Å²) in [7, 11) is 0. The van der Waals surface area contributed by atoms with Crippen LogP contribution in [0.4, 0.5) is 9.18 Å². The standard InChI is InChI=1S/C28H44ClFN4O3/c1-19(31)25(17-21-9-4-3-5-10-21)33-27(36)34-16-7-11-22(18-34)28(37,14-8-15-32-20(2)35)23-12-6-13-24(29)26(23)30/h6,12-13,19,21-22,25,37H,3-5,7-11,14-18,31H2,1-2H3,(H,32,35)(H,33,36)/t19-,22-,25+,28+/m1/s1. The maximum absolute atomic E-state index is 15.2. The predicted octanol–water partition coefficient (Wildman–Crippen LogP) is 4.69. The van der Waals surface area contributed by atoms with Crippen molar-refractivity contribution < 1.29 is 19.1 Å². The number of hydrogen-bond acceptors (Lipinski definition) is 4. The molecule has 0 radical (unpaired) electrons. The van der Waals surface area contributed by atoms with Crippen molar-refractivity contribution in [2.24, 2.45) is 17.6 Å². The zero-order valence-electron chi connectivity index (χ0n) is 22.3. The first-order valence-electron chi connectivity index (χ1n) is 13.8. The Kier molecular flexibility index (Phi) is 11.0. The number of likely N-dealkylation sites (tertiary alicyclic amines) is 1. The second kappa shape index (κ2) is 13.8. The molecule has 1 aromatic rings. The van der Waals surface area contributed by atoms with Crippen molar-refractivity contribution in [1.82, 2.24) is 15.5 Å². The number of amides is 3. The van der Waals surface area contributed by atoms with Crippen LogP contribution in [-0.2, 0) is 10.4 Å². The summed E-state index contributed by atoms with van der Waals surface area (Å²) in [6.45, 7) is 4.60. The molecule has 3 rings (SSSR count). The number of rotatable bonds is 10. The van der Waals surface area contributed by atoms with E-state index in [0.717, 1.165) is 6.42 Å². The molecule has 7 nitrogen and oxygen atoms in total. The maximum atomic E-state index is 15.2. The highest BCUT2D eigenvalue weighted by Gasteiger charge is 2.43. The van der Waals surface area contributed by atoms with Crippen LogP contribution in [0.15, 0.2) is 18.2 Å². The average Bonchev–Trinajstić information content (AvgIpc) is 2.88. The molecule has 208 valence electrons. The lowest BCUT2D eigenvalue weighted by atomic mass is 9.74. The summed E-state index contributed by atoms with van der Waals surface area (Å²) in [4.78, 5) is 26.4. The molecule has 5 N–H and O–H groups in total. The highest BCUT2D eigenvalue weighted by molar-refractivity contribution is 6.30. The highest BCUT2D eigenvalue weighted by Crippen LogP contribution is 2.41. The summed E-state index contributed by atoms with van der Waals surface area (Å²) >= 11 is 6.08. The number of hydrogen-bond donors (Lipinski definition) is 4. The van der Waals surface area contributed by atoms with Gasteiger partial charge in [-0.1, -0.05) is 55.8 Å². The predicted molar refractivity (Wildman–Crippen MR) is 145 cm³/mol. The van der Waals surface area contributed by atoms with E-state index >= 15 is 4.39 Å². The molecule has 0 aromatic heterocycles. The van der Waals surface area contributed by atoms with E-state index < -0.39 is 11.4 Å². The number of piperidine rings is 1. The number of carbonyl (C=O) groups excluding carboxylic acids is 2. The number of nitrogens with two attached hydrogens (primary N) is 1. The smallest absolute Gasteiger partial charge is 0.317 e. The third kappa shape index (κ3) is 8.04. The monoisotopic (exact) mass is 538 g/mol. The Morgan fingerprint density at radius 1 is 1.24 bits per heavy atom. The van der Waals surface area contributed by atoms with E-state index in [1.54, 1.807) is 17.0 Å².